The molecule has 1 aromatic carbocycles. The SMILES string of the molecule is CCCOC(=O)c1cc(S(N)(=O)=O)c(Cl)cc1Cl. The first-order valence-electron chi connectivity index (χ1n) is 4.96. The first kappa shape index (κ1) is 15.2. The molecule has 18 heavy (non-hydrogen) atoms. The average molecular weight is 312 g/mol. The van der Waals surface area contributed by atoms with Gasteiger partial charge in [0.05, 0.1) is 22.2 Å². The van der Waals surface area contributed by atoms with Gasteiger partial charge in [-0.25, -0.2) is 18.4 Å². The molecule has 0 radical (unpaired) electrons. The van der Waals surface area contributed by atoms with Crippen LogP contribution in [0.2, 0.25) is 10.0 Å². The van der Waals surface area contributed by atoms with Crippen LogP contribution in [-0.2, 0) is 14.8 Å². The second-order valence-electron chi connectivity index (χ2n) is 3.44. The molecule has 0 amide bonds. The third-order valence-electron chi connectivity index (χ3n) is 1.99. The van der Waals surface area contributed by atoms with Crippen molar-refractivity contribution in [1.82, 2.24) is 0 Å². The molecule has 8 heteroatoms. The molecule has 0 saturated heterocycles. The minimum Gasteiger partial charge on any atom is -0.462 e. The van der Waals surface area contributed by atoms with Gasteiger partial charge in [-0.05, 0) is 18.6 Å². The van der Waals surface area contributed by atoms with E-state index in [1.54, 1.807) is 0 Å². The first-order valence-corrected chi connectivity index (χ1v) is 7.26. The lowest BCUT2D eigenvalue weighted by Crippen LogP contribution is -2.15. The molecule has 0 atom stereocenters. The highest BCUT2D eigenvalue weighted by Gasteiger charge is 2.20. The van der Waals surface area contributed by atoms with Gasteiger partial charge < -0.3 is 4.74 Å². The Kier molecular flexibility index (Phi) is 4.98. The molecule has 1 aromatic rings. The molecule has 0 aliphatic heterocycles. The van der Waals surface area contributed by atoms with Crippen molar-refractivity contribution in [2.45, 2.75) is 18.2 Å². The fraction of sp³-hybridized carbons (Fsp3) is 0.300. The maximum absolute atomic E-state index is 11.6. The number of hydrogen-bond donors (Lipinski definition) is 1. The molecule has 2 N–H and O–H groups in total. The molecule has 1 rings (SSSR count). The lowest BCUT2D eigenvalue weighted by molar-refractivity contribution is 0.0505. The predicted octanol–water partition coefficient (Wildman–Crippen LogP) is 2.21. The van der Waals surface area contributed by atoms with Crippen LogP contribution in [-0.4, -0.2) is 21.0 Å². The van der Waals surface area contributed by atoms with Crippen LogP contribution in [0.25, 0.3) is 0 Å². The Hall–Kier alpha value is -0.820. The molecule has 0 fully saturated rings. The van der Waals surface area contributed by atoms with Crippen molar-refractivity contribution in [2.75, 3.05) is 6.61 Å². The van der Waals surface area contributed by atoms with Gasteiger partial charge in [-0.3, -0.25) is 0 Å². The van der Waals surface area contributed by atoms with Crippen LogP contribution < -0.4 is 5.14 Å². The Morgan fingerprint density at radius 3 is 2.44 bits per heavy atom. The van der Waals surface area contributed by atoms with Gasteiger partial charge in [-0.1, -0.05) is 30.1 Å². The van der Waals surface area contributed by atoms with E-state index < -0.39 is 16.0 Å². The molecular formula is C10H11Cl2NO4S. The molecule has 100 valence electrons. The molecule has 0 saturated carbocycles. The van der Waals surface area contributed by atoms with Gasteiger partial charge in [-0.15, -0.1) is 0 Å². The predicted molar refractivity (Wildman–Crippen MR) is 68.4 cm³/mol. The summed E-state index contributed by atoms with van der Waals surface area (Å²) in [7, 11) is -4.03. The number of nitrogens with two attached hydrogens (primary N) is 1. The normalized spacial score (nSPS) is 11.3. The van der Waals surface area contributed by atoms with E-state index in [4.69, 9.17) is 33.1 Å². The summed E-state index contributed by atoms with van der Waals surface area (Å²) < 4.78 is 27.4. The van der Waals surface area contributed by atoms with Crippen LogP contribution in [0, 0.1) is 0 Å². The zero-order chi connectivity index (χ0) is 13.9. The molecule has 0 aliphatic carbocycles. The standard InChI is InChI=1S/C10H11Cl2NO4S/c1-2-3-17-10(14)6-4-9(18(13,15)16)8(12)5-7(6)11/h4-5H,2-3H2,1H3,(H2,13,15,16). The van der Waals surface area contributed by atoms with Crippen molar-refractivity contribution in [1.29, 1.82) is 0 Å². The summed E-state index contributed by atoms with van der Waals surface area (Å²) in [6, 6.07) is 2.16. The first-order chi connectivity index (χ1) is 8.27. The Bertz CT molecular complexity index is 571. The van der Waals surface area contributed by atoms with Crippen LogP contribution >= 0.6 is 23.2 Å². The van der Waals surface area contributed by atoms with Crippen LogP contribution in [0.1, 0.15) is 23.7 Å². The highest BCUT2D eigenvalue weighted by Crippen LogP contribution is 2.28. The minimum absolute atomic E-state index is 0.00787. The van der Waals surface area contributed by atoms with Gasteiger partial charge in [0.15, 0.2) is 0 Å². The van der Waals surface area contributed by atoms with Crippen molar-refractivity contribution in [2.24, 2.45) is 5.14 Å². The van der Waals surface area contributed by atoms with E-state index in [2.05, 4.69) is 0 Å². The van der Waals surface area contributed by atoms with Crippen molar-refractivity contribution < 1.29 is 17.9 Å². The van der Waals surface area contributed by atoms with E-state index in [0.29, 0.717) is 6.42 Å². The Morgan fingerprint density at radius 1 is 1.33 bits per heavy atom. The molecule has 0 aromatic heterocycles. The van der Waals surface area contributed by atoms with Crippen molar-refractivity contribution >= 4 is 39.2 Å². The van der Waals surface area contributed by atoms with E-state index in [-0.39, 0.29) is 27.1 Å². The Balaban J connectivity index is 3.26. The van der Waals surface area contributed by atoms with Gasteiger partial charge in [0.1, 0.15) is 4.90 Å². The number of carbonyl (C=O) groups excluding carboxylic acids is 1. The summed E-state index contributed by atoms with van der Waals surface area (Å²) in [6.07, 6.45) is 0.638. The number of esters is 1. The zero-order valence-corrected chi connectivity index (χ0v) is 11.8. The van der Waals surface area contributed by atoms with Gasteiger partial charge in [0, 0.05) is 0 Å². The zero-order valence-electron chi connectivity index (χ0n) is 9.44. The molecule has 0 heterocycles. The fourth-order valence-corrected chi connectivity index (χ4v) is 2.57. The Morgan fingerprint density at radius 2 is 1.94 bits per heavy atom. The maximum atomic E-state index is 11.6. The van der Waals surface area contributed by atoms with Crippen molar-refractivity contribution in [3.8, 4) is 0 Å². The van der Waals surface area contributed by atoms with E-state index in [0.717, 1.165) is 12.1 Å². The van der Waals surface area contributed by atoms with Gasteiger partial charge in [0.2, 0.25) is 10.0 Å². The molecule has 0 spiro atoms. The van der Waals surface area contributed by atoms with E-state index in [9.17, 15) is 13.2 Å². The Labute approximate surface area is 115 Å². The fourth-order valence-electron chi connectivity index (χ4n) is 1.18. The lowest BCUT2D eigenvalue weighted by Gasteiger charge is -2.08. The number of ether oxygens (including phenoxy) is 1. The lowest BCUT2D eigenvalue weighted by atomic mass is 10.2. The topological polar surface area (TPSA) is 86.5 Å². The molecule has 5 nitrogen and oxygen atoms in total. The number of primary sulfonamides is 1. The van der Waals surface area contributed by atoms with Gasteiger partial charge in [0.25, 0.3) is 0 Å². The van der Waals surface area contributed by atoms with E-state index >= 15 is 0 Å². The van der Waals surface area contributed by atoms with E-state index in [1.807, 2.05) is 6.92 Å². The summed E-state index contributed by atoms with van der Waals surface area (Å²) in [5.41, 5.74) is -0.0847. The summed E-state index contributed by atoms with van der Waals surface area (Å²) >= 11 is 11.5. The van der Waals surface area contributed by atoms with E-state index in [1.165, 1.54) is 0 Å². The third-order valence-corrected chi connectivity index (χ3v) is 3.67. The summed E-state index contributed by atoms with van der Waals surface area (Å²) in [5, 5.41) is 4.83. The second-order valence-corrected chi connectivity index (χ2v) is 5.79. The minimum atomic E-state index is -4.03. The average Bonchev–Trinajstić information content (AvgIpc) is 2.24. The smallest absolute Gasteiger partial charge is 0.339 e. The largest absolute Gasteiger partial charge is 0.462 e. The van der Waals surface area contributed by atoms with Gasteiger partial charge >= 0.3 is 5.97 Å². The van der Waals surface area contributed by atoms with Crippen LogP contribution in [0.3, 0.4) is 0 Å². The second kappa shape index (κ2) is 5.88. The van der Waals surface area contributed by atoms with Gasteiger partial charge in [-0.2, -0.15) is 0 Å². The van der Waals surface area contributed by atoms with Crippen molar-refractivity contribution in [3.05, 3.63) is 27.7 Å². The van der Waals surface area contributed by atoms with Crippen LogP contribution in [0.4, 0.5) is 0 Å². The maximum Gasteiger partial charge on any atom is 0.339 e. The van der Waals surface area contributed by atoms with Crippen molar-refractivity contribution in [3.63, 3.8) is 0 Å². The number of hydrogen-bond acceptors (Lipinski definition) is 4. The van der Waals surface area contributed by atoms with Crippen LogP contribution in [0.5, 0.6) is 0 Å². The number of carbonyl (C=O) groups is 1. The van der Waals surface area contributed by atoms with Crippen LogP contribution in [0.15, 0.2) is 17.0 Å². The molecular weight excluding hydrogens is 301 g/mol. The summed E-state index contributed by atoms with van der Waals surface area (Å²) in [6.45, 7) is 2.04. The number of sulfonamides is 1. The summed E-state index contributed by atoms with van der Waals surface area (Å²) in [4.78, 5) is 11.3. The summed E-state index contributed by atoms with van der Waals surface area (Å²) in [5.74, 6) is -0.719. The number of halogens is 2. The highest BCUT2D eigenvalue weighted by atomic mass is 35.5. The molecule has 0 bridgehead atoms. The molecule has 0 aliphatic rings. The number of benzene rings is 1. The molecule has 0 unspecified atom stereocenters. The highest BCUT2D eigenvalue weighted by molar-refractivity contribution is 7.89. The third kappa shape index (κ3) is 3.58. The quantitative estimate of drug-likeness (QED) is 0.864. The number of rotatable bonds is 4. The monoisotopic (exact) mass is 311 g/mol.